The molecule has 0 N–H and O–H groups in total. The molecule has 92 valence electrons. The van der Waals surface area contributed by atoms with Crippen LogP contribution in [0.5, 0.6) is 0 Å². The number of nitrogens with zero attached hydrogens (tertiary/aromatic N) is 1. The molecule has 0 unspecified atom stereocenters. The summed E-state index contributed by atoms with van der Waals surface area (Å²) in [6, 6.07) is 5.02. The molecule has 0 aromatic heterocycles. The van der Waals surface area contributed by atoms with Crippen molar-refractivity contribution in [3.63, 3.8) is 0 Å². The van der Waals surface area contributed by atoms with Gasteiger partial charge in [0, 0.05) is 11.6 Å². The Morgan fingerprint density at radius 2 is 2.18 bits per heavy atom. The van der Waals surface area contributed by atoms with Crippen LogP contribution in [0.15, 0.2) is 18.2 Å². The van der Waals surface area contributed by atoms with Gasteiger partial charge in [-0.3, -0.25) is 10.1 Å². The highest BCUT2D eigenvalue weighted by molar-refractivity contribution is 5.42. The maximum Gasteiger partial charge on any atom is 0.272 e. The van der Waals surface area contributed by atoms with E-state index in [1.807, 2.05) is 13.8 Å². The SMILES string of the molecule is Cc1cc([C@H]2COC(C)(C)O2)ccc1[N+](=O)[O-]. The van der Waals surface area contributed by atoms with E-state index in [2.05, 4.69) is 0 Å². The monoisotopic (exact) mass is 237 g/mol. The molecule has 1 heterocycles. The number of hydrogen-bond donors (Lipinski definition) is 0. The van der Waals surface area contributed by atoms with Crippen LogP contribution in [-0.2, 0) is 9.47 Å². The zero-order chi connectivity index (χ0) is 12.6. The van der Waals surface area contributed by atoms with Crippen LogP contribution in [0.4, 0.5) is 5.69 Å². The van der Waals surface area contributed by atoms with E-state index in [1.54, 1.807) is 19.1 Å². The average Bonchev–Trinajstić information content (AvgIpc) is 2.58. The second-order valence-corrected chi connectivity index (χ2v) is 4.62. The minimum atomic E-state index is -0.583. The molecular formula is C12H15NO4. The van der Waals surface area contributed by atoms with Crippen molar-refractivity contribution in [2.75, 3.05) is 6.61 Å². The standard InChI is InChI=1S/C12H15NO4/c1-8-6-9(4-5-10(8)13(14)15)11-7-16-12(2,3)17-11/h4-6,11H,7H2,1-3H3/t11-/m1/s1. The lowest BCUT2D eigenvalue weighted by atomic mass is 10.1. The first-order valence-corrected chi connectivity index (χ1v) is 5.46. The summed E-state index contributed by atoms with van der Waals surface area (Å²) in [5, 5.41) is 10.7. The Morgan fingerprint density at radius 1 is 1.47 bits per heavy atom. The van der Waals surface area contributed by atoms with Crippen molar-refractivity contribution >= 4 is 5.69 Å². The van der Waals surface area contributed by atoms with E-state index in [4.69, 9.17) is 9.47 Å². The van der Waals surface area contributed by atoms with Crippen molar-refractivity contribution < 1.29 is 14.4 Å². The van der Waals surface area contributed by atoms with Gasteiger partial charge in [0.2, 0.25) is 0 Å². The first kappa shape index (κ1) is 12.0. The number of nitro groups is 1. The Hall–Kier alpha value is -1.46. The molecule has 1 aliphatic rings. The normalized spacial score (nSPS) is 22.6. The Morgan fingerprint density at radius 3 is 2.65 bits per heavy atom. The molecule has 1 aliphatic heterocycles. The molecule has 0 bridgehead atoms. The third-order valence-electron chi connectivity index (χ3n) is 2.80. The summed E-state index contributed by atoms with van der Waals surface area (Å²) >= 11 is 0. The second kappa shape index (κ2) is 4.09. The molecule has 5 nitrogen and oxygen atoms in total. The predicted molar refractivity (Wildman–Crippen MR) is 61.7 cm³/mol. The van der Waals surface area contributed by atoms with Gasteiger partial charge in [-0.25, -0.2) is 0 Å². The Bertz CT molecular complexity index is 456. The van der Waals surface area contributed by atoms with E-state index >= 15 is 0 Å². The molecule has 1 fully saturated rings. The molecule has 1 aromatic rings. The third-order valence-corrected chi connectivity index (χ3v) is 2.80. The van der Waals surface area contributed by atoms with Crippen LogP contribution in [0.1, 0.15) is 31.1 Å². The van der Waals surface area contributed by atoms with E-state index < -0.39 is 5.79 Å². The molecule has 0 spiro atoms. The van der Waals surface area contributed by atoms with Gasteiger partial charge in [0.05, 0.1) is 11.5 Å². The predicted octanol–water partition coefficient (Wildman–Crippen LogP) is 2.73. The minimum Gasteiger partial charge on any atom is -0.347 e. The summed E-state index contributed by atoms with van der Waals surface area (Å²) in [5.74, 6) is -0.583. The Labute approximate surface area is 99.5 Å². The first-order chi connectivity index (χ1) is 7.89. The van der Waals surface area contributed by atoms with Gasteiger partial charge in [-0.1, -0.05) is 0 Å². The Kier molecular flexibility index (Phi) is 2.89. The van der Waals surface area contributed by atoms with Crippen molar-refractivity contribution in [3.05, 3.63) is 39.4 Å². The van der Waals surface area contributed by atoms with Crippen LogP contribution in [0.2, 0.25) is 0 Å². The van der Waals surface area contributed by atoms with Crippen LogP contribution >= 0.6 is 0 Å². The lowest BCUT2D eigenvalue weighted by Crippen LogP contribution is -2.19. The molecule has 5 heteroatoms. The number of aryl methyl sites for hydroxylation is 1. The summed E-state index contributed by atoms with van der Waals surface area (Å²) in [6.45, 7) is 5.91. The van der Waals surface area contributed by atoms with E-state index in [-0.39, 0.29) is 16.7 Å². The molecule has 2 rings (SSSR count). The van der Waals surface area contributed by atoms with Gasteiger partial charge in [-0.05, 0) is 38.5 Å². The fourth-order valence-electron chi connectivity index (χ4n) is 1.94. The maximum atomic E-state index is 10.7. The minimum absolute atomic E-state index is 0.131. The van der Waals surface area contributed by atoms with Crippen LogP contribution in [0.25, 0.3) is 0 Å². The fraction of sp³-hybridized carbons (Fsp3) is 0.500. The van der Waals surface area contributed by atoms with Gasteiger partial charge in [-0.2, -0.15) is 0 Å². The number of ether oxygens (including phenoxy) is 2. The highest BCUT2D eigenvalue weighted by Crippen LogP contribution is 2.34. The zero-order valence-corrected chi connectivity index (χ0v) is 10.1. The zero-order valence-electron chi connectivity index (χ0n) is 10.1. The molecule has 0 amide bonds. The van der Waals surface area contributed by atoms with Crippen molar-refractivity contribution in [1.29, 1.82) is 0 Å². The lowest BCUT2D eigenvalue weighted by Gasteiger charge is -2.17. The molecule has 0 saturated carbocycles. The van der Waals surface area contributed by atoms with Gasteiger partial charge >= 0.3 is 0 Å². The van der Waals surface area contributed by atoms with Crippen molar-refractivity contribution in [3.8, 4) is 0 Å². The summed E-state index contributed by atoms with van der Waals surface area (Å²) in [6.07, 6.45) is -0.149. The highest BCUT2D eigenvalue weighted by atomic mass is 16.7. The number of nitro benzene ring substituents is 1. The van der Waals surface area contributed by atoms with Crippen molar-refractivity contribution in [2.45, 2.75) is 32.7 Å². The lowest BCUT2D eigenvalue weighted by molar-refractivity contribution is -0.385. The first-order valence-electron chi connectivity index (χ1n) is 5.46. The van der Waals surface area contributed by atoms with E-state index in [9.17, 15) is 10.1 Å². The van der Waals surface area contributed by atoms with Crippen LogP contribution in [-0.4, -0.2) is 17.3 Å². The quantitative estimate of drug-likeness (QED) is 0.586. The Balaban J connectivity index is 2.24. The summed E-state index contributed by atoms with van der Waals surface area (Å²) < 4.78 is 11.2. The molecular weight excluding hydrogens is 222 g/mol. The summed E-state index contributed by atoms with van der Waals surface area (Å²) in [7, 11) is 0. The van der Waals surface area contributed by atoms with Gasteiger partial charge < -0.3 is 9.47 Å². The molecule has 1 saturated heterocycles. The maximum absolute atomic E-state index is 10.7. The average molecular weight is 237 g/mol. The summed E-state index contributed by atoms with van der Waals surface area (Å²) in [4.78, 5) is 10.3. The van der Waals surface area contributed by atoms with Crippen LogP contribution in [0.3, 0.4) is 0 Å². The topological polar surface area (TPSA) is 61.6 Å². The van der Waals surface area contributed by atoms with Gasteiger partial charge in [0.25, 0.3) is 5.69 Å². The van der Waals surface area contributed by atoms with Gasteiger partial charge in [0.1, 0.15) is 6.10 Å². The van der Waals surface area contributed by atoms with Crippen molar-refractivity contribution in [1.82, 2.24) is 0 Å². The van der Waals surface area contributed by atoms with E-state index in [1.165, 1.54) is 6.07 Å². The molecule has 1 aromatic carbocycles. The summed E-state index contributed by atoms with van der Waals surface area (Å²) in [5.41, 5.74) is 1.69. The van der Waals surface area contributed by atoms with E-state index in [0.29, 0.717) is 12.2 Å². The van der Waals surface area contributed by atoms with Gasteiger partial charge in [0.15, 0.2) is 5.79 Å². The fourth-order valence-corrected chi connectivity index (χ4v) is 1.94. The molecule has 1 atom stereocenters. The van der Waals surface area contributed by atoms with Crippen LogP contribution in [0, 0.1) is 17.0 Å². The number of rotatable bonds is 2. The number of hydrogen-bond acceptors (Lipinski definition) is 4. The molecule has 0 aliphatic carbocycles. The third kappa shape index (κ3) is 2.45. The van der Waals surface area contributed by atoms with Crippen LogP contribution < -0.4 is 0 Å². The molecule has 17 heavy (non-hydrogen) atoms. The van der Waals surface area contributed by atoms with Gasteiger partial charge in [-0.15, -0.1) is 0 Å². The van der Waals surface area contributed by atoms with Crippen molar-refractivity contribution in [2.24, 2.45) is 0 Å². The second-order valence-electron chi connectivity index (χ2n) is 4.62. The number of benzene rings is 1. The smallest absolute Gasteiger partial charge is 0.272 e. The largest absolute Gasteiger partial charge is 0.347 e. The highest BCUT2D eigenvalue weighted by Gasteiger charge is 2.33. The molecule has 0 radical (unpaired) electrons. The van der Waals surface area contributed by atoms with E-state index in [0.717, 1.165) is 5.56 Å².